The molecule has 180 valence electrons. The average molecular weight is 482 g/mol. The van der Waals surface area contributed by atoms with E-state index in [-0.39, 0.29) is 21.4 Å². The molecule has 7 nitrogen and oxygen atoms in total. The molecule has 8 heteroatoms. The number of sulfone groups is 1. The van der Waals surface area contributed by atoms with Gasteiger partial charge in [-0.25, -0.2) is 13.2 Å². The third-order valence-electron chi connectivity index (χ3n) is 6.88. The van der Waals surface area contributed by atoms with E-state index in [4.69, 9.17) is 10.5 Å². The third-order valence-corrected chi connectivity index (χ3v) is 8.69. The number of carbonyl (C=O) groups is 1. The summed E-state index contributed by atoms with van der Waals surface area (Å²) in [5, 5.41) is 4.33. The Bertz CT molecular complexity index is 1400. The molecule has 1 aromatic heterocycles. The fourth-order valence-electron chi connectivity index (χ4n) is 5.35. The van der Waals surface area contributed by atoms with Crippen LogP contribution in [0.3, 0.4) is 0 Å². The number of nitrogens with one attached hydrogen (secondary N) is 1. The first-order chi connectivity index (χ1) is 16.0. The van der Waals surface area contributed by atoms with Crippen LogP contribution in [0.5, 0.6) is 0 Å². The lowest BCUT2D eigenvalue weighted by Gasteiger charge is -2.24. The third kappa shape index (κ3) is 3.65. The monoisotopic (exact) mass is 481 g/mol. The molecule has 1 fully saturated rings. The van der Waals surface area contributed by atoms with Crippen molar-refractivity contribution in [3.05, 3.63) is 58.8 Å². The van der Waals surface area contributed by atoms with Crippen LogP contribution in [-0.4, -0.2) is 30.6 Å². The van der Waals surface area contributed by atoms with E-state index in [1.807, 2.05) is 13.1 Å². The van der Waals surface area contributed by atoms with Gasteiger partial charge in [0.1, 0.15) is 5.60 Å². The predicted octanol–water partition coefficient (Wildman–Crippen LogP) is 3.77. The summed E-state index contributed by atoms with van der Waals surface area (Å²) in [7, 11) is -2.00. The molecule has 0 saturated carbocycles. The van der Waals surface area contributed by atoms with E-state index in [0.717, 1.165) is 41.6 Å². The summed E-state index contributed by atoms with van der Waals surface area (Å²) in [4.78, 5) is 13.7. The number of carbonyl (C=O) groups excluding carboxylic acids is 1. The highest BCUT2D eigenvalue weighted by molar-refractivity contribution is 7.91. The van der Waals surface area contributed by atoms with Crippen LogP contribution in [0.25, 0.3) is 10.9 Å². The van der Waals surface area contributed by atoms with Crippen molar-refractivity contribution in [1.29, 1.82) is 0 Å². The number of nitrogens with two attached hydrogens (primary N) is 1. The highest BCUT2D eigenvalue weighted by Gasteiger charge is 2.39. The first kappa shape index (κ1) is 23.1. The lowest BCUT2D eigenvalue weighted by atomic mass is 9.96. The van der Waals surface area contributed by atoms with Crippen molar-refractivity contribution in [3.8, 4) is 0 Å². The van der Waals surface area contributed by atoms with E-state index in [1.165, 1.54) is 0 Å². The quantitative estimate of drug-likeness (QED) is 0.550. The second kappa shape index (κ2) is 7.93. The summed E-state index contributed by atoms with van der Waals surface area (Å²) in [5.41, 5.74) is 8.91. The fraction of sp³-hybridized carbons (Fsp3) is 0.423. The Kier molecular flexibility index (Phi) is 5.39. The van der Waals surface area contributed by atoms with Crippen LogP contribution >= 0.6 is 0 Å². The number of benzene rings is 2. The number of rotatable bonds is 4. The largest absolute Gasteiger partial charge is 0.456 e. The molecule has 2 atom stereocenters. The molecule has 3 aromatic rings. The summed E-state index contributed by atoms with van der Waals surface area (Å²) in [6, 6.07) is 10.4. The smallest absolute Gasteiger partial charge is 0.340 e. The van der Waals surface area contributed by atoms with Crippen molar-refractivity contribution in [1.82, 2.24) is 9.88 Å². The summed E-state index contributed by atoms with van der Waals surface area (Å²) in [6.07, 6.45) is 2.88. The highest BCUT2D eigenvalue weighted by atomic mass is 32.2. The predicted molar refractivity (Wildman–Crippen MR) is 130 cm³/mol. The minimum atomic E-state index is -3.99. The molecule has 0 amide bonds. The first-order valence-electron chi connectivity index (χ1n) is 11.7. The zero-order valence-corrected chi connectivity index (χ0v) is 20.8. The van der Waals surface area contributed by atoms with Crippen molar-refractivity contribution in [2.75, 3.05) is 0 Å². The van der Waals surface area contributed by atoms with Crippen molar-refractivity contribution >= 4 is 26.7 Å². The van der Waals surface area contributed by atoms with Crippen LogP contribution in [0.15, 0.2) is 46.2 Å². The minimum absolute atomic E-state index is 0.0248. The van der Waals surface area contributed by atoms with E-state index >= 15 is 0 Å². The standard InChI is InChI=1S/C26H31N3O4S/c1-26(2,3)33-25(30)24-21(34(31,32)17-8-5-15(14-27)6-9-17)12-11-19-23(24)22-18-10-7-16(28-18)13-20(22)29(19)4/h5-6,8-9,11-12,16,18,28H,7,10,13-14,27H2,1-4H3. The zero-order chi connectivity index (χ0) is 24.4. The van der Waals surface area contributed by atoms with Gasteiger partial charge in [0, 0.05) is 48.7 Å². The summed E-state index contributed by atoms with van der Waals surface area (Å²) in [5.74, 6) is -0.622. The summed E-state index contributed by atoms with van der Waals surface area (Å²) < 4.78 is 35.6. The van der Waals surface area contributed by atoms with Gasteiger partial charge in [0.15, 0.2) is 0 Å². The van der Waals surface area contributed by atoms with E-state index in [2.05, 4.69) is 9.88 Å². The van der Waals surface area contributed by atoms with Crippen molar-refractivity contribution < 1.29 is 17.9 Å². The van der Waals surface area contributed by atoms with Gasteiger partial charge in [0.25, 0.3) is 0 Å². The molecule has 0 radical (unpaired) electrons. The van der Waals surface area contributed by atoms with Crippen LogP contribution < -0.4 is 11.1 Å². The number of aromatic nitrogens is 1. The van der Waals surface area contributed by atoms with E-state index in [1.54, 1.807) is 51.1 Å². The first-order valence-corrected chi connectivity index (χ1v) is 13.2. The molecular weight excluding hydrogens is 450 g/mol. The summed E-state index contributed by atoms with van der Waals surface area (Å²) in [6.45, 7) is 5.68. The molecule has 1 saturated heterocycles. The van der Waals surface area contributed by atoms with E-state index in [9.17, 15) is 13.2 Å². The fourth-order valence-corrected chi connectivity index (χ4v) is 6.80. The molecule has 2 unspecified atom stereocenters. The maximum absolute atomic E-state index is 13.8. The van der Waals surface area contributed by atoms with Crippen LogP contribution in [0.1, 0.15) is 66.8 Å². The second-order valence-electron chi connectivity index (χ2n) is 10.3. The van der Waals surface area contributed by atoms with E-state index < -0.39 is 21.4 Å². The number of hydrogen-bond acceptors (Lipinski definition) is 6. The normalized spacial score (nSPS) is 19.9. The van der Waals surface area contributed by atoms with Gasteiger partial charge in [-0.05, 0) is 69.0 Å². The molecule has 0 aliphatic carbocycles. The Morgan fingerprint density at radius 2 is 1.85 bits per heavy atom. The SMILES string of the molecule is Cn1c2c(c3c(C(=O)OC(C)(C)C)c(S(=O)(=O)c4ccc(CN)cc4)ccc31)C1CCC(C2)N1. The lowest BCUT2D eigenvalue weighted by Crippen LogP contribution is -2.32. The molecule has 2 aliphatic heterocycles. The molecule has 5 rings (SSSR count). The number of hydrogen-bond donors (Lipinski definition) is 2. The maximum Gasteiger partial charge on any atom is 0.340 e. The summed E-state index contributed by atoms with van der Waals surface area (Å²) >= 11 is 0. The van der Waals surface area contributed by atoms with Gasteiger partial charge in [0.05, 0.1) is 15.4 Å². The molecule has 2 bridgehead atoms. The average Bonchev–Trinajstić information content (AvgIpc) is 3.30. The van der Waals surface area contributed by atoms with Gasteiger partial charge in [-0.3, -0.25) is 0 Å². The molecular formula is C26H31N3O4S. The topological polar surface area (TPSA) is 103 Å². The Hall–Kier alpha value is -2.68. The zero-order valence-electron chi connectivity index (χ0n) is 20.0. The minimum Gasteiger partial charge on any atom is -0.456 e. The lowest BCUT2D eigenvalue weighted by molar-refractivity contribution is 0.00675. The number of esters is 1. The molecule has 34 heavy (non-hydrogen) atoms. The van der Waals surface area contributed by atoms with Crippen molar-refractivity contribution in [2.24, 2.45) is 12.8 Å². The van der Waals surface area contributed by atoms with Gasteiger partial charge in [-0.1, -0.05) is 12.1 Å². The molecule has 2 aromatic carbocycles. The van der Waals surface area contributed by atoms with E-state index in [0.29, 0.717) is 18.0 Å². The van der Waals surface area contributed by atoms with Crippen molar-refractivity contribution in [3.63, 3.8) is 0 Å². The molecule has 3 N–H and O–H groups in total. The Balaban J connectivity index is 1.80. The second-order valence-corrected chi connectivity index (χ2v) is 12.2. The van der Waals surface area contributed by atoms with Gasteiger partial charge >= 0.3 is 5.97 Å². The van der Waals surface area contributed by atoms with Crippen LogP contribution in [-0.2, 0) is 34.6 Å². The maximum atomic E-state index is 13.8. The number of nitrogens with zero attached hydrogens (tertiary/aromatic N) is 1. The van der Waals surface area contributed by atoms with Gasteiger partial charge in [0.2, 0.25) is 9.84 Å². The van der Waals surface area contributed by atoms with Crippen molar-refractivity contribution in [2.45, 2.75) is 74.1 Å². The Morgan fingerprint density at radius 3 is 2.50 bits per heavy atom. The van der Waals surface area contributed by atoms with Gasteiger partial charge < -0.3 is 20.4 Å². The Labute approximate surface area is 200 Å². The van der Waals surface area contributed by atoms with Gasteiger partial charge in [-0.15, -0.1) is 0 Å². The Morgan fingerprint density at radius 1 is 1.15 bits per heavy atom. The molecule has 2 aliphatic rings. The molecule has 3 heterocycles. The van der Waals surface area contributed by atoms with Crippen LogP contribution in [0.2, 0.25) is 0 Å². The number of fused-ring (bicyclic) bond motifs is 6. The highest BCUT2D eigenvalue weighted by Crippen LogP contribution is 2.44. The van der Waals surface area contributed by atoms with Crippen LogP contribution in [0.4, 0.5) is 0 Å². The van der Waals surface area contributed by atoms with Crippen LogP contribution in [0, 0.1) is 0 Å². The number of ether oxygens (including phenoxy) is 1. The van der Waals surface area contributed by atoms with Gasteiger partial charge in [-0.2, -0.15) is 0 Å². The number of aryl methyl sites for hydroxylation is 1. The molecule has 0 spiro atoms.